The van der Waals surface area contributed by atoms with Crippen LogP contribution in [0.4, 0.5) is 0 Å². The van der Waals surface area contributed by atoms with Crippen molar-refractivity contribution in [2.45, 2.75) is 32.4 Å². The lowest BCUT2D eigenvalue weighted by Gasteiger charge is -2.23. The normalized spacial score (nSPS) is 24.9. The fourth-order valence-electron chi connectivity index (χ4n) is 1.87. The Labute approximate surface area is 102 Å². The van der Waals surface area contributed by atoms with Gasteiger partial charge in [0.05, 0.1) is 6.61 Å². The third-order valence-corrected chi connectivity index (χ3v) is 3.58. The molecule has 1 fully saturated rings. The molecule has 0 radical (unpaired) electrons. The highest BCUT2D eigenvalue weighted by Crippen LogP contribution is 2.20. The van der Waals surface area contributed by atoms with E-state index in [4.69, 9.17) is 16.3 Å². The maximum Gasteiger partial charge on any atom is 0.0646 e. The fraction of sp³-hybridized carbons (Fsp3) is 0.538. The maximum absolute atomic E-state index is 6.09. The molecular weight excluding hydrogens is 222 g/mol. The van der Waals surface area contributed by atoms with Gasteiger partial charge in [0.2, 0.25) is 0 Å². The van der Waals surface area contributed by atoms with E-state index in [0.29, 0.717) is 0 Å². The molecule has 0 amide bonds. The first-order chi connectivity index (χ1) is 7.59. The summed E-state index contributed by atoms with van der Waals surface area (Å²) >= 11 is 6.09. The summed E-state index contributed by atoms with van der Waals surface area (Å²) in [5.74, 6) is 0. The van der Waals surface area contributed by atoms with Gasteiger partial charge in [0.1, 0.15) is 0 Å². The Balaban J connectivity index is 1.96. The highest BCUT2D eigenvalue weighted by Gasteiger charge is 2.28. The van der Waals surface area contributed by atoms with Crippen molar-refractivity contribution in [1.82, 2.24) is 5.32 Å². The Morgan fingerprint density at radius 3 is 2.94 bits per heavy atom. The Morgan fingerprint density at radius 1 is 1.50 bits per heavy atom. The van der Waals surface area contributed by atoms with Gasteiger partial charge in [-0.3, -0.25) is 0 Å². The Bertz CT molecular complexity index is 372. The minimum absolute atomic E-state index is 0.122. The van der Waals surface area contributed by atoms with Crippen molar-refractivity contribution in [2.24, 2.45) is 0 Å². The smallest absolute Gasteiger partial charge is 0.0646 e. The SMILES string of the molecule is Cc1ccc(CNC2(C)CCOC2)cc1Cl. The monoisotopic (exact) mass is 239 g/mol. The van der Waals surface area contributed by atoms with E-state index in [1.165, 1.54) is 5.56 Å². The molecule has 1 heterocycles. The molecule has 0 aliphatic carbocycles. The number of aryl methyl sites for hydroxylation is 1. The molecule has 1 unspecified atom stereocenters. The number of benzene rings is 1. The zero-order chi connectivity index (χ0) is 11.6. The second-order valence-electron chi connectivity index (χ2n) is 4.80. The molecule has 0 bridgehead atoms. The minimum atomic E-state index is 0.122. The average molecular weight is 240 g/mol. The van der Waals surface area contributed by atoms with Crippen molar-refractivity contribution in [3.05, 3.63) is 34.3 Å². The predicted molar refractivity (Wildman–Crippen MR) is 66.9 cm³/mol. The Kier molecular flexibility index (Phi) is 3.53. The Hall–Kier alpha value is -0.570. The molecular formula is C13H18ClNO. The largest absolute Gasteiger partial charge is 0.379 e. The summed E-state index contributed by atoms with van der Waals surface area (Å²) in [6, 6.07) is 6.21. The van der Waals surface area contributed by atoms with Crippen LogP contribution in [0.5, 0.6) is 0 Å². The molecule has 2 nitrogen and oxygen atoms in total. The number of hydrogen-bond acceptors (Lipinski definition) is 2. The average Bonchev–Trinajstić information content (AvgIpc) is 2.68. The lowest BCUT2D eigenvalue weighted by molar-refractivity contribution is 0.171. The predicted octanol–water partition coefficient (Wildman–Crippen LogP) is 2.92. The molecule has 0 aromatic heterocycles. The fourth-order valence-corrected chi connectivity index (χ4v) is 2.07. The van der Waals surface area contributed by atoms with Crippen LogP contribution < -0.4 is 5.32 Å². The van der Waals surface area contributed by atoms with Gasteiger partial charge in [-0.15, -0.1) is 0 Å². The zero-order valence-electron chi connectivity index (χ0n) is 9.85. The highest BCUT2D eigenvalue weighted by atomic mass is 35.5. The van der Waals surface area contributed by atoms with Crippen LogP contribution in [0.1, 0.15) is 24.5 Å². The van der Waals surface area contributed by atoms with Gasteiger partial charge in [0.25, 0.3) is 0 Å². The molecule has 1 aliphatic rings. The van der Waals surface area contributed by atoms with Gasteiger partial charge >= 0.3 is 0 Å². The number of nitrogens with one attached hydrogen (secondary N) is 1. The van der Waals surface area contributed by atoms with Gasteiger partial charge in [-0.25, -0.2) is 0 Å². The van der Waals surface area contributed by atoms with Crippen molar-refractivity contribution in [2.75, 3.05) is 13.2 Å². The van der Waals surface area contributed by atoms with Crippen molar-refractivity contribution in [3.8, 4) is 0 Å². The van der Waals surface area contributed by atoms with Gasteiger partial charge in [-0.1, -0.05) is 23.7 Å². The van der Waals surface area contributed by atoms with Crippen molar-refractivity contribution in [1.29, 1.82) is 0 Å². The van der Waals surface area contributed by atoms with E-state index in [1.54, 1.807) is 0 Å². The van der Waals surface area contributed by atoms with Crippen molar-refractivity contribution in [3.63, 3.8) is 0 Å². The molecule has 88 valence electrons. The Morgan fingerprint density at radius 2 is 2.31 bits per heavy atom. The van der Waals surface area contributed by atoms with E-state index in [2.05, 4.69) is 24.4 Å². The molecule has 1 aromatic rings. The quantitative estimate of drug-likeness (QED) is 0.876. The van der Waals surface area contributed by atoms with E-state index < -0.39 is 0 Å². The molecule has 16 heavy (non-hydrogen) atoms. The van der Waals surface area contributed by atoms with Crippen LogP contribution in [-0.2, 0) is 11.3 Å². The lowest BCUT2D eigenvalue weighted by Crippen LogP contribution is -2.42. The molecule has 1 aromatic carbocycles. The summed E-state index contributed by atoms with van der Waals surface area (Å²) in [5.41, 5.74) is 2.47. The molecule has 2 rings (SSSR count). The lowest BCUT2D eigenvalue weighted by atomic mass is 10.0. The minimum Gasteiger partial charge on any atom is -0.379 e. The van der Waals surface area contributed by atoms with Crippen molar-refractivity contribution >= 4 is 11.6 Å². The number of rotatable bonds is 3. The van der Waals surface area contributed by atoms with Crippen LogP contribution in [-0.4, -0.2) is 18.8 Å². The topological polar surface area (TPSA) is 21.3 Å². The molecule has 3 heteroatoms. The van der Waals surface area contributed by atoms with Crippen LogP contribution >= 0.6 is 11.6 Å². The van der Waals surface area contributed by atoms with Crippen LogP contribution in [0, 0.1) is 6.92 Å². The van der Waals surface area contributed by atoms with E-state index in [0.717, 1.165) is 36.8 Å². The second kappa shape index (κ2) is 4.74. The highest BCUT2D eigenvalue weighted by molar-refractivity contribution is 6.31. The molecule has 1 atom stereocenters. The third-order valence-electron chi connectivity index (χ3n) is 3.17. The first-order valence-electron chi connectivity index (χ1n) is 5.67. The van der Waals surface area contributed by atoms with Crippen LogP contribution in [0.25, 0.3) is 0 Å². The summed E-state index contributed by atoms with van der Waals surface area (Å²) < 4.78 is 5.40. The summed E-state index contributed by atoms with van der Waals surface area (Å²) in [6.45, 7) is 6.73. The number of ether oxygens (including phenoxy) is 1. The van der Waals surface area contributed by atoms with Crippen LogP contribution in [0.15, 0.2) is 18.2 Å². The standard InChI is InChI=1S/C13H18ClNO/c1-10-3-4-11(7-12(10)14)8-15-13(2)5-6-16-9-13/h3-4,7,15H,5-6,8-9H2,1-2H3. The van der Waals surface area contributed by atoms with Gasteiger partial charge in [0, 0.05) is 23.7 Å². The van der Waals surface area contributed by atoms with Gasteiger partial charge in [0.15, 0.2) is 0 Å². The van der Waals surface area contributed by atoms with E-state index in [1.807, 2.05) is 13.0 Å². The summed E-state index contributed by atoms with van der Waals surface area (Å²) in [7, 11) is 0. The van der Waals surface area contributed by atoms with E-state index in [9.17, 15) is 0 Å². The number of hydrogen-bond donors (Lipinski definition) is 1. The maximum atomic E-state index is 6.09. The zero-order valence-corrected chi connectivity index (χ0v) is 10.6. The number of halogens is 1. The first-order valence-corrected chi connectivity index (χ1v) is 6.05. The van der Waals surface area contributed by atoms with Crippen LogP contribution in [0.2, 0.25) is 5.02 Å². The molecule has 1 aliphatic heterocycles. The van der Waals surface area contributed by atoms with Gasteiger partial charge < -0.3 is 10.1 Å². The summed E-state index contributed by atoms with van der Waals surface area (Å²) in [6.07, 6.45) is 1.08. The van der Waals surface area contributed by atoms with E-state index >= 15 is 0 Å². The first kappa shape index (κ1) is 11.9. The van der Waals surface area contributed by atoms with Crippen LogP contribution in [0.3, 0.4) is 0 Å². The molecule has 0 spiro atoms. The van der Waals surface area contributed by atoms with E-state index in [-0.39, 0.29) is 5.54 Å². The molecule has 1 saturated heterocycles. The van der Waals surface area contributed by atoms with Gasteiger partial charge in [-0.2, -0.15) is 0 Å². The molecule has 0 saturated carbocycles. The molecule has 1 N–H and O–H groups in total. The third kappa shape index (κ3) is 2.76. The van der Waals surface area contributed by atoms with Crippen molar-refractivity contribution < 1.29 is 4.74 Å². The summed E-state index contributed by atoms with van der Waals surface area (Å²) in [5, 5.41) is 4.38. The van der Waals surface area contributed by atoms with Gasteiger partial charge in [-0.05, 0) is 37.5 Å². The second-order valence-corrected chi connectivity index (χ2v) is 5.21. The summed E-state index contributed by atoms with van der Waals surface area (Å²) in [4.78, 5) is 0.